The number of ether oxygens (including phenoxy) is 2. The number of hydrogen-bond acceptors (Lipinski definition) is 6. The largest absolute Gasteiger partial charge is 0.486 e. The molecule has 0 saturated carbocycles. The van der Waals surface area contributed by atoms with E-state index in [2.05, 4.69) is 10.6 Å². The fourth-order valence-electron chi connectivity index (χ4n) is 3.71. The Morgan fingerprint density at radius 3 is 2.42 bits per heavy atom. The lowest BCUT2D eigenvalue weighted by Crippen LogP contribution is -2.32. The van der Waals surface area contributed by atoms with Crippen molar-refractivity contribution in [2.45, 2.75) is 30.6 Å². The Balaban J connectivity index is 1.37. The number of amides is 1. The smallest absolute Gasteiger partial charge is 0.243 e. The van der Waals surface area contributed by atoms with Crippen LogP contribution in [0.3, 0.4) is 0 Å². The van der Waals surface area contributed by atoms with Crippen LogP contribution in [0.25, 0.3) is 0 Å². The van der Waals surface area contributed by atoms with E-state index in [9.17, 15) is 13.2 Å². The van der Waals surface area contributed by atoms with Crippen LogP contribution in [-0.2, 0) is 14.8 Å². The van der Waals surface area contributed by atoms with Crippen LogP contribution in [0, 0.1) is 0 Å². The number of hydrogen-bond donors (Lipinski definition) is 2. The van der Waals surface area contributed by atoms with E-state index in [1.807, 2.05) is 0 Å². The van der Waals surface area contributed by atoms with Gasteiger partial charge in [0.2, 0.25) is 15.9 Å². The fraction of sp³-hybridized carbons (Fsp3) is 0.409. The molecular weight excluding hydrogens is 418 g/mol. The van der Waals surface area contributed by atoms with Crippen molar-refractivity contribution in [2.24, 2.45) is 0 Å². The molecule has 2 heterocycles. The van der Waals surface area contributed by atoms with Gasteiger partial charge in [-0.25, -0.2) is 8.42 Å². The fourth-order valence-corrected chi connectivity index (χ4v) is 5.27. The van der Waals surface area contributed by atoms with Crippen molar-refractivity contribution in [1.29, 1.82) is 0 Å². The maximum absolute atomic E-state index is 13.0. The second-order valence-electron chi connectivity index (χ2n) is 7.61. The Labute approximate surface area is 182 Å². The third-order valence-corrected chi connectivity index (χ3v) is 7.21. The SMILES string of the molecule is O=C(CNc1cccc(S(=O)(=O)N2CCCCCC2)c1)Nc1ccc2c(c1)OCCO2. The molecule has 1 fully saturated rings. The number of benzene rings is 2. The number of nitrogens with zero attached hydrogens (tertiary/aromatic N) is 1. The van der Waals surface area contributed by atoms with Crippen molar-refractivity contribution >= 4 is 27.3 Å². The zero-order valence-corrected chi connectivity index (χ0v) is 18.1. The number of carbonyl (C=O) groups is 1. The molecule has 1 amide bonds. The highest BCUT2D eigenvalue weighted by atomic mass is 32.2. The molecule has 2 aromatic rings. The number of sulfonamides is 1. The highest BCUT2D eigenvalue weighted by Gasteiger charge is 2.25. The minimum Gasteiger partial charge on any atom is -0.486 e. The Bertz CT molecular complexity index is 1030. The second kappa shape index (κ2) is 9.57. The zero-order chi connectivity index (χ0) is 21.7. The van der Waals surface area contributed by atoms with Gasteiger partial charge in [0, 0.05) is 30.5 Å². The Kier molecular flexibility index (Phi) is 6.62. The van der Waals surface area contributed by atoms with E-state index in [-0.39, 0.29) is 17.3 Å². The normalized spacial score (nSPS) is 16.9. The molecule has 0 aliphatic carbocycles. The minimum absolute atomic E-state index is 0.00164. The molecule has 0 bridgehead atoms. The molecule has 31 heavy (non-hydrogen) atoms. The molecule has 9 heteroatoms. The summed E-state index contributed by atoms with van der Waals surface area (Å²) in [5, 5.41) is 5.81. The summed E-state index contributed by atoms with van der Waals surface area (Å²) < 4.78 is 38.5. The Morgan fingerprint density at radius 2 is 1.65 bits per heavy atom. The summed E-state index contributed by atoms with van der Waals surface area (Å²) in [5.41, 5.74) is 1.18. The van der Waals surface area contributed by atoms with E-state index in [1.54, 1.807) is 46.8 Å². The number of fused-ring (bicyclic) bond motifs is 1. The first-order valence-corrected chi connectivity index (χ1v) is 12.0. The van der Waals surface area contributed by atoms with Crippen LogP contribution >= 0.6 is 0 Å². The average molecular weight is 446 g/mol. The van der Waals surface area contributed by atoms with Gasteiger partial charge < -0.3 is 20.1 Å². The molecule has 0 radical (unpaired) electrons. The standard InChI is InChI=1S/C22H27N3O5S/c26-22(24-18-8-9-20-21(15-18)30-13-12-29-20)16-23-17-6-5-7-19(14-17)31(27,28)25-10-3-1-2-4-11-25/h5-9,14-15,23H,1-4,10-13,16H2,(H,24,26). The molecule has 1 saturated heterocycles. The third-order valence-electron chi connectivity index (χ3n) is 5.32. The van der Waals surface area contributed by atoms with Gasteiger partial charge in [-0.1, -0.05) is 18.9 Å². The predicted molar refractivity (Wildman–Crippen MR) is 118 cm³/mol. The topological polar surface area (TPSA) is 97.0 Å². The Morgan fingerprint density at radius 1 is 0.903 bits per heavy atom. The summed E-state index contributed by atoms with van der Waals surface area (Å²) in [5.74, 6) is 1.01. The predicted octanol–water partition coefficient (Wildman–Crippen LogP) is 3.07. The monoisotopic (exact) mass is 445 g/mol. The Hall–Kier alpha value is -2.78. The minimum atomic E-state index is -3.54. The maximum Gasteiger partial charge on any atom is 0.243 e. The first kappa shape index (κ1) is 21.5. The van der Waals surface area contributed by atoms with Crippen molar-refractivity contribution in [1.82, 2.24) is 4.31 Å². The maximum atomic E-state index is 13.0. The molecule has 0 aromatic heterocycles. The molecular formula is C22H27N3O5S. The van der Waals surface area contributed by atoms with Crippen LogP contribution in [0.15, 0.2) is 47.4 Å². The summed E-state index contributed by atoms with van der Waals surface area (Å²) in [6, 6.07) is 11.8. The lowest BCUT2D eigenvalue weighted by molar-refractivity contribution is -0.114. The van der Waals surface area contributed by atoms with Gasteiger partial charge in [-0.15, -0.1) is 0 Å². The van der Waals surface area contributed by atoms with Gasteiger partial charge in [0.15, 0.2) is 11.5 Å². The molecule has 2 aliphatic rings. The third kappa shape index (κ3) is 5.29. The first-order chi connectivity index (χ1) is 15.0. The van der Waals surface area contributed by atoms with E-state index in [1.165, 1.54) is 0 Å². The van der Waals surface area contributed by atoms with Crippen molar-refractivity contribution in [3.63, 3.8) is 0 Å². The van der Waals surface area contributed by atoms with E-state index in [4.69, 9.17) is 9.47 Å². The van der Waals surface area contributed by atoms with Crippen molar-refractivity contribution in [2.75, 3.05) is 43.5 Å². The molecule has 0 spiro atoms. The van der Waals surface area contributed by atoms with Gasteiger partial charge in [-0.2, -0.15) is 4.31 Å². The van der Waals surface area contributed by atoms with E-state index < -0.39 is 10.0 Å². The molecule has 8 nitrogen and oxygen atoms in total. The van der Waals surface area contributed by atoms with E-state index >= 15 is 0 Å². The molecule has 0 atom stereocenters. The van der Waals surface area contributed by atoms with E-state index in [0.717, 1.165) is 25.7 Å². The van der Waals surface area contributed by atoms with Crippen molar-refractivity contribution in [3.8, 4) is 11.5 Å². The van der Waals surface area contributed by atoms with Crippen molar-refractivity contribution < 1.29 is 22.7 Å². The average Bonchev–Trinajstić information content (AvgIpc) is 3.08. The lowest BCUT2D eigenvalue weighted by Gasteiger charge is -2.20. The van der Waals surface area contributed by atoms with Gasteiger partial charge in [-0.3, -0.25) is 4.79 Å². The van der Waals surface area contributed by atoms with Gasteiger partial charge in [0.05, 0.1) is 11.4 Å². The van der Waals surface area contributed by atoms with Crippen molar-refractivity contribution in [3.05, 3.63) is 42.5 Å². The highest BCUT2D eigenvalue weighted by Crippen LogP contribution is 2.32. The first-order valence-electron chi connectivity index (χ1n) is 10.6. The number of anilines is 2. The lowest BCUT2D eigenvalue weighted by atomic mass is 10.2. The van der Waals surface area contributed by atoms with Gasteiger partial charge >= 0.3 is 0 Å². The summed E-state index contributed by atoms with van der Waals surface area (Å²) in [6.45, 7) is 2.09. The van der Waals surface area contributed by atoms with Crippen LogP contribution in [0.5, 0.6) is 11.5 Å². The summed E-state index contributed by atoms with van der Waals surface area (Å²) in [4.78, 5) is 12.6. The van der Waals surface area contributed by atoms with Crippen LogP contribution in [0.4, 0.5) is 11.4 Å². The van der Waals surface area contributed by atoms with Gasteiger partial charge in [-0.05, 0) is 43.2 Å². The summed E-state index contributed by atoms with van der Waals surface area (Å²) in [7, 11) is -3.54. The number of carbonyl (C=O) groups excluding carboxylic acids is 1. The number of nitrogens with one attached hydrogen (secondary N) is 2. The molecule has 2 N–H and O–H groups in total. The quantitative estimate of drug-likeness (QED) is 0.709. The van der Waals surface area contributed by atoms with Crippen LogP contribution in [0.2, 0.25) is 0 Å². The zero-order valence-electron chi connectivity index (χ0n) is 17.3. The highest BCUT2D eigenvalue weighted by molar-refractivity contribution is 7.89. The summed E-state index contributed by atoms with van der Waals surface area (Å²) >= 11 is 0. The van der Waals surface area contributed by atoms with Gasteiger partial charge in [0.25, 0.3) is 0 Å². The molecule has 166 valence electrons. The number of rotatable bonds is 6. The second-order valence-corrected chi connectivity index (χ2v) is 9.54. The molecule has 2 aromatic carbocycles. The summed E-state index contributed by atoms with van der Waals surface area (Å²) in [6.07, 6.45) is 3.90. The van der Waals surface area contributed by atoms with Gasteiger partial charge in [0.1, 0.15) is 13.2 Å². The molecule has 0 unspecified atom stereocenters. The van der Waals surface area contributed by atoms with Crippen LogP contribution < -0.4 is 20.1 Å². The van der Waals surface area contributed by atoms with E-state index in [0.29, 0.717) is 49.2 Å². The molecule has 2 aliphatic heterocycles. The molecule has 4 rings (SSSR count). The van der Waals surface area contributed by atoms with Crippen LogP contribution in [0.1, 0.15) is 25.7 Å². The van der Waals surface area contributed by atoms with Crippen LogP contribution in [-0.4, -0.2) is 51.5 Å².